The number of nitrogen functional groups attached to an aromatic ring is 1. The predicted octanol–water partition coefficient (Wildman–Crippen LogP) is 3.30. The van der Waals surface area contributed by atoms with Gasteiger partial charge >= 0.3 is 0 Å². The van der Waals surface area contributed by atoms with Crippen LogP contribution in [0.5, 0.6) is 5.75 Å². The van der Waals surface area contributed by atoms with E-state index in [9.17, 15) is 0 Å². The first-order valence-electron chi connectivity index (χ1n) is 8.05. The summed E-state index contributed by atoms with van der Waals surface area (Å²) in [5, 5.41) is 0. The van der Waals surface area contributed by atoms with E-state index in [0.717, 1.165) is 36.5 Å². The summed E-state index contributed by atoms with van der Waals surface area (Å²) in [6.45, 7) is 3.07. The van der Waals surface area contributed by atoms with Crippen molar-refractivity contribution in [3.8, 4) is 5.75 Å². The highest BCUT2D eigenvalue weighted by Crippen LogP contribution is 2.35. The van der Waals surface area contributed by atoms with E-state index >= 15 is 0 Å². The van der Waals surface area contributed by atoms with Crippen LogP contribution in [0.4, 0.5) is 5.69 Å². The average Bonchev–Trinajstić information content (AvgIpc) is 3.09. The second kappa shape index (κ2) is 6.49. The lowest BCUT2D eigenvalue weighted by atomic mass is 9.96. The largest absolute Gasteiger partial charge is 0.492 e. The smallest absolute Gasteiger partial charge is 0.121 e. The van der Waals surface area contributed by atoms with Crippen molar-refractivity contribution >= 4 is 5.69 Å². The van der Waals surface area contributed by atoms with Gasteiger partial charge in [-0.2, -0.15) is 0 Å². The molecule has 2 aliphatic rings. The van der Waals surface area contributed by atoms with E-state index in [0.29, 0.717) is 0 Å². The van der Waals surface area contributed by atoms with Crippen LogP contribution in [0, 0.1) is 5.92 Å². The minimum absolute atomic E-state index is 0.771. The lowest BCUT2D eigenvalue weighted by Crippen LogP contribution is -2.37. The first-order valence-corrected chi connectivity index (χ1v) is 8.05. The third-order valence-electron chi connectivity index (χ3n) is 4.86. The molecule has 20 heavy (non-hydrogen) atoms. The summed E-state index contributed by atoms with van der Waals surface area (Å²) < 4.78 is 5.84. The molecule has 1 aromatic carbocycles. The quantitative estimate of drug-likeness (QED) is 0.837. The normalized spacial score (nSPS) is 24.3. The Labute approximate surface area is 122 Å². The average molecular weight is 274 g/mol. The molecule has 0 spiro atoms. The molecule has 0 radical (unpaired) electrons. The fourth-order valence-electron chi connectivity index (χ4n) is 3.89. The maximum atomic E-state index is 5.84. The summed E-state index contributed by atoms with van der Waals surface area (Å²) in [6, 6.07) is 8.54. The minimum atomic E-state index is 0.771. The molecular formula is C17H26N2O. The zero-order valence-corrected chi connectivity index (χ0v) is 12.3. The molecule has 0 aromatic heterocycles. The predicted molar refractivity (Wildman–Crippen MR) is 82.9 cm³/mol. The molecule has 1 saturated carbocycles. The summed E-state index contributed by atoms with van der Waals surface area (Å²) in [5.41, 5.74) is 6.54. The fraction of sp³-hybridized carbons (Fsp3) is 0.647. The summed E-state index contributed by atoms with van der Waals surface area (Å²) in [5.74, 6) is 1.84. The van der Waals surface area contributed by atoms with Crippen molar-refractivity contribution in [3.05, 3.63) is 24.3 Å². The Morgan fingerprint density at radius 3 is 2.80 bits per heavy atom. The lowest BCUT2D eigenvalue weighted by Gasteiger charge is -2.29. The van der Waals surface area contributed by atoms with Gasteiger partial charge < -0.3 is 10.5 Å². The van der Waals surface area contributed by atoms with Crippen molar-refractivity contribution in [2.24, 2.45) is 5.92 Å². The van der Waals surface area contributed by atoms with Crippen molar-refractivity contribution < 1.29 is 4.74 Å². The van der Waals surface area contributed by atoms with Gasteiger partial charge in [0.1, 0.15) is 12.4 Å². The molecule has 1 aromatic rings. The van der Waals surface area contributed by atoms with Crippen molar-refractivity contribution in [2.75, 3.05) is 25.4 Å². The van der Waals surface area contributed by atoms with Gasteiger partial charge in [-0.25, -0.2) is 0 Å². The Bertz CT molecular complexity index is 429. The van der Waals surface area contributed by atoms with Crippen molar-refractivity contribution in [2.45, 2.75) is 44.6 Å². The van der Waals surface area contributed by atoms with Crippen molar-refractivity contribution in [1.82, 2.24) is 4.90 Å². The molecule has 3 nitrogen and oxygen atoms in total. The zero-order valence-electron chi connectivity index (χ0n) is 12.3. The first-order chi connectivity index (χ1) is 9.83. The van der Waals surface area contributed by atoms with Crippen LogP contribution < -0.4 is 10.5 Å². The van der Waals surface area contributed by atoms with E-state index in [1.165, 1.54) is 45.1 Å². The Kier molecular flexibility index (Phi) is 4.46. The number of rotatable bonds is 5. The van der Waals surface area contributed by atoms with Crippen molar-refractivity contribution in [3.63, 3.8) is 0 Å². The molecule has 1 heterocycles. The Balaban J connectivity index is 1.47. The van der Waals surface area contributed by atoms with E-state index in [-0.39, 0.29) is 0 Å². The van der Waals surface area contributed by atoms with E-state index in [1.54, 1.807) is 0 Å². The number of nitrogens with two attached hydrogens (primary N) is 1. The zero-order chi connectivity index (χ0) is 13.8. The number of nitrogens with zero attached hydrogens (tertiary/aromatic N) is 1. The van der Waals surface area contributed by atoms with Gasteiger partial charge in [-0.3, -0.25) is 4.90 Å². The standard InChI is InChI=1S/C17H26N2O/c18-15-7-3-8-16(13-15)20-12-11-19-10-4-9-17(19)14-5-1-2-6-14/h3,7-8,13-14,17H,1-2,4-6,9-12,18H2. The molecule has 3 heteroatoms. The molecule has 1 unspecified atom stereocenters. The molecule has 2 fully saturated rings. The van der Waals surface area contributed by atoms with E-state index in [1.807, 2.05) is 24.3 Å². The molecule has 2 N–H and O–H groups in total. The number of ether oxygens (including phenoxy) is 1. The maximum Gasteiger partial charge on any atom is 0.121 e. The molecule has 110 valence electrons. The fourth-order valence-corrected chi connectivity index (χ4v) is 3.89. The first kappa shape index (κ1) is 13.7. The molecule has 1 saturated heterocycles. The second-order valence-corrected chi connectivity index (χ2v) is 6.21. The summed E-state index contributed by atoms with van der Waals surface area (Å²) in [4.78, 5) is 2.66. The SMILES string of the molecule is Nc1cccc(OCCN2CCCC2C2CCCC2)c1. The number of anilines is 1. The highest BCUT2D eigenvalue weighted by atomic mass is 16.5. The van der Waals surface area contributed by atoms with Gasteiger partial charge in [-0.1, -0.05) is 18.9 Å². The highest BCUT2D eigenvalue weighted by molar-refractivity contribution is 5.43. The Morgan fingerprint density at radius 1 is 1.15 bits per heavy atom. The number of likely N-dealkylation sites (tertiary alicyclic amines) is 1. The minimum Gasteiger partial charge on any atom is -0.492 e. The summed E-state index contributed by atoms with van der Waals surface area (Å²) in [7, 11) is 0. The van der Waals surface area contributed by atoms with E-state index < -0.39 is 0 Å². The Morgan fingerprint density at radius 2 is 2.00 bits per heavy atom. The number of hydrogen-bond donors (Lipinski definition) is 1. The second-order valence-electron chi connectivity index (χ2n) is 6.21. The molecule has 0 amide bonds. The van der Waals surface area contributed by atoms with Gasteiger partial charge in [0.25, 0.3) is 0 Å². The number of benzene rings is 1. The molecule has 0 bridgehead atoms. The molecule has 1 aliphatic carbocycles. The topological polar surface area (TPSA) is 38.5 Å². The van der Waals surface area contributed by atoms with Gasteiger partial charge in [-0.05, 0) is 50.3 Å². The molecular weight excluding hydrogens is 248 g/mol. The molecule has 1 atom stereocenters. The van der Waals surface area contributed by atoms with Gasteiger partial charge in [0.15, 0.2) is 0 Å². The van der Waals surface area contributed by atoms with Crippen LogP contribution in [0.15, 0.2) is 24.3 Å². The van der Waals surface area contributed by atoms with Crippen LogP contribution in [0.1, 0.15) is 38.5 Å². The monoisotopic (exact) mass is 274 g/mol. The highest BCUT2D eigenvalue weighted by Gasteiger charge is 2.32. The molecule has 1 aliphatic heterocycles. The van der Waals surface area contributed by atoms with Gasteiger partial charge in [0.2, 0.25) is 0 Å². The van der Waals surface area contributed by atoms with Crippen LogP contribution in [0.2, 0.25) is 0 Å². The van der Waals surface area contributed by atoms with Gasteiger partial charge in [0, 0.05) is 24.3 Å². The molecule has 3 rings (SSSR count). The third-order valence-corrected chi connectivity index (χ3v) is 4.86. The lowest BCUT2D eigenvalue weighted by molar-refractivity contribution is 0.158. The maximum absolute atomic E-state index is 5.84. The van der Waals surface area contributed by atoms with E-state index in [4.69, 9.17) is 10.5 Å². The Hall–Kier alpha value is -1.22. The van der Waals surface area contributed by atoms with Gasteiger partial charge in [-0.15, -0.1) is 0 Å². The van der Waals surface area contributed by atoms with Crippen LogP contribution >= 0.6 is 0 Å². The van der Waals surface area contributed by atoms with Crippen LogP contribution in [-0.2, 0) is 0 Å². The summed E-state index contributed by atoms with van der Waals surface area (Å²) >= 11 is 0. The van der Waals surface area contributed by atoms with Crippen LogP contribution in [0.3, 0.4) is 0 Å². The number of hydrogen-bond acceptors (Lipinski definition) is 3. The van der Waals surface area contributed by atoms with Gasteiger partial charge in [0.05, 0.1) is 0 Å². The van der Waals surface area contributed by atoms with E-state index in [2.05, 4.69) is 4.90 Å². The van der Waals surface area contributed by atoms with Crippen LogP contribution in [-0.4, -0.2) is 30.6 Å². The van der Waals surface area contributed by atoms with Crippen molar-refractivity contribution in [1.29, 1.82) is 0 Å². The summed E-state index contributed by atoms with van der Waals surface area (Å²) in [6.07, 6.45) is 8.51. The van der Waals surface area contributed by atoms with Crippen LogP contribution in [0.25, 0.3) is 0 Å². The third kappa shape index (κ3) is 3.26.